The minimum atomic E-state index is 0.949. The highest BCUT2D eigenvalue weighted by atomic mass is 15.2. The SMILES string of the molecule is CCn1ccnc1-c1n(CC)cc[n+]1C. The first-order chi connectivity index (χ1) is 7.27. The van der Waals surface area contributed by atoms with Crippen molar-refractivity contribution < 1.29 is 4.57 Å². The smallest absolute Gasteiger partial charge is 0.325 e. The zero-order valence-corrected chi connectivity index (χ0v) is 9.51. The molecule has 0 unspecified atom stereocenters. The van der Waals surface area contributed by atoms with Crippen molar-refractivity contribution in [3.63, 3.8) is 0 Å². The number of hydrogen-bond acceptors (Lipinski definition) is 1. The highest BCUT2D eigenvalue weighted by molar-refractivity contribution is 5.40. The molecule has 0 saturated heterocycles. The second kappa shape index (κ2) is 3.88. The maximum Gasteiger partial charge on any atom is 0.325 e. The molecule has 0 saturated carbocycles. The third-order valence-corrected chi connectivity index (χ3v) is 2.67. The summed E-state index contributed by atoms with van der Waals surface area (Å²) in [6, 6.07) is 0. The Kier molecular flexibility index (Phi) is 2.58. The van der Waals surface area contributed by atoms with Crippen molar-refractivity contribution in [2.45, 2.75) is 26.9 Å². The number of aromatic nitrogens is 4. The van der Waals surface area contributed by atoms with Gasteiger partial charge in [-0.05, 0) is 13.8 Å². The Labute approximate surface area is 89.8 Å². The van der Waals surface area contributed by atoms with E-state index in [4.69, 9.17) is 0 Å². The second-order valence-corrected chi connectivity index (χ2v) is 3.56. The third kappa shape index (κ3) is 1.56. The molecule has 0 atom stereocenters. The van der Waals surface area contributed by atoms with Crippen LogP contribution in [-0.4, -0.2) is 14.1 Å². The van der Waals surface area contributed by atoms with Gasteiger partial charge in [0.25, 0.3) is 0 Å². The molecule has 0 aliphatic rings. The first kappa shape index (κ1) is 9.96. The van der Waals surface area contributed by atoms with E-state index in [1.165, 1.54) is 0 Å². The summed E-state index contributed by atoms with van der Waals surface area (Å²) in [4.78, 5) is 4.42. The van der Waals surface area contributed by atoms with E-state index >= 15 is 0 Å². The highest BCUT2D eigenvalue weighted by Gasteiger charge is 2.20. The van der Waals surface area contributed by atoms with Gasteiger partial charge in [-0.1, -0.05) is 0 Å². The van der Waals surface area contributed by atoms with Crippen LogP contribution in [0.15, 0.2) is 24.8 Å². The van der Waals surface area contributed by atoms with Gasteiger partial charge in [0, 0.05) is 18.9 Å². The average molecular weight is 205 g/mol. The minimum absolute atomic E-state index is 0.949. The van der Waals surface area contributed by atoms with E-state index in [1.54, 1.807) is 0 Å². The van der Waals surface area contributed by atoms with Crippen molar-refractivity contribution in [1.29, 1.82) is 0 Å². The maximum absolute atomic E-state index is 4.42. The molecule has 0 aliphatic heterocycles. The van der Waals surface area contributed by atoms with Gasteiger partial charge in [0.1, 0.15) is 12.4 Å². The minimum Gasteiger partial charge on any atom is -0.325 e. The number of rotatable bonds is 3. The number of aryl methyl sites for hydroxylation is 3. The van der Waals surface area contributed by atoms with Crippen molar-refractivity contribution in [3.05, 3.63) is 24.8 Å². The fourth-order valence-corrected chi connectivity index (χ4v) is 1.84. The fourth-order valence-electron chi connectivity index (χ4n) is 1.84. The first-order valence-electron chi connectivity index (χ1n) is 5.34. The van der Waals surface area contributed by atoms with Crippen molar-refractivity contribution in [2.24, 2.45) is 7.05 Å². The summed E-state index contributed by atoms with van der Waals surface area (Å²) < 4.78 is 6.47. The molecule has 2 rings (SSSR count). The Hall–Kier alpha value is -1.58. The Morgan fingerprint density at radius 3 is 2.60 bits per heavy atom. The topological polar surface area (TPSA) is 26.6 Å². The van der Waals surface area contributed by atoms with Gasteiger partial charge in [0.05, 0.1) is 13.6 Å². The van der Waals surface area contributed by atoms with Crippen LogP contribution in [0, 0.1) is 0 Å². The summed E-state index contributed by atoms with van der Waals surface area (Å²) in [6.07, 6.45) is 8.02. The van der Waals surface area contributed by atoms with E-state index in [9.17, 15) is 0 Å². The monoisotopic (exact) mass is 205 g/mol. The molecular weight excluding hydrogens is 188 g/mol. The van der Waals surface area contributed by atoms with Crippen LogP contribution >= 0.6 is 0 Å². The largest absolute Gasteiger partial charge is 0.325 e. The summed E-state index contributed by atoms with van der Waals surface area (Å²) in [5.41, 5.74) is 0. The molecule has 4 heteroatoms. The fraction of sp³-hybridized carbons (Fsp3) is 0.455. The van der Waals surface area contributed by atoms with Crippen LogP contribution in [0.5, 0.6) is 0 Å². The lowest BCUT2D eigenvalue weighted by Crippen LogP contribution is -2.30. The molecule has 0 aromatic carbocycles. The van der Waals surface area contributed by atoms with Gasteiger partial charge in [-0.15, -0.1) is 0 Å². The molecule has 0 radical (unpaired) electrons. The second-order valence-electron chi connectivity index (χ2n) is 3.56. The molecule has 2 aromatic rings. The highest BCUT2D eigenvalue weighted by Crippen LogP contribution is 2.13. The number of hydrogen-bond donors (Lipinski definition) is 0. The summed E-state index contributed by atoms with van der Waals surface area (Å²) in [5, 5.41) is 0. The van der Waals surface area contributed by atoms with E-state index in [2.05, 4.69) is 52.0 Å². The predicted molar refractivity (Wildman–Crippen MR) is 58.2 cm³/mol. The molecular formula is C11H17N4+. The Morgan fingerprint density at radius 1 is 1.20 bits per heavy atom. The lowest BCUT2D eigenvalue weighted by molar-refractivity contribution is -0.660. The summed E-state index contributed by atoms with van der Waals surface area (Å²) in [6.45, 7) is 6.18. The van der Waals surface area contributed by atoms with Gasteiger partial charge in [-0.2, -0.15) is 0 Å². The van der Waals surface area contributed by atoms with Crippen LogP contribution in [0.1, 0.15) is 13.8 Å². The molecule has 80 valence electrons. The molecule has 0 amide bonds. The third-order valence-electron chi connectivity index (χ3n) is 2.67. The molecule has 15 heavy (non-hydrogen) atoms. The summed E-state index contributed by atoms with van der Waals surface area (Å²) >= 11 is 0. The van der Waals surface area contributed by atoms with E-state index in [0.29, 0.717) is 0 Å². The standard InChI is InChI=1S/C11H17N4/c1-4-14-7-6-12-10(14)11-13(3)8-9-15(11)5-2/h6-9H,4-5H2,1-3H3/q+1. The molecule has 0 spiro atoms. The van der Waals surface area contributed by atoms with Gasteiger partial charge in [-0.25, -0.2) is 14.1 Å². The average Bonchev–Trinajstić information content (AvgIpc) is 2.82. The van der Waals surface area contributed by atoms with E-state index in [1.807, 2.05) is 12.4 Å². The van der Waals surface area contributed by atoms with E-state index in [0.717, 1.165) is 24.7 Å². The molecule has 2 heterocycles. The van der Waals surface area contributed by atoms with Crippen LogP contribution in [0.25, 0.3) is 11.6 Å². The van der Waals surface area contributed by atoms with Gasteiger partial charge in [-0.3, -0.25) is 0 Å². The van der Waals surface area contributed by atoms with Gasteiger partial charge in [0.2, 0.25) is 5.82 Å². The van der Waals surface area contributed by atoms with E-state index < -0.39 is 0 Å². The lowest BCUT2D eigenvalue weighted by Gasteiger charge is -2.02. The number of nitrogens with zero attached hydrogens (tertiary/aromatic N) is 4. The molecule has 0 aliphatic carbocycles. The van der Waals surface area contributed by atoms with Crippen LogP contribution in [-0.2, 0) is 20.1 Å². The number of imidazole rings is 2. The summed E-state index contributed by atoms with van der Waals surface area (Å²) in [5.74, 6) is 2.19. The van der Waals surface area contributed by atoms with Crippen molar-refractivity contribution in [1.82, 2.24) is 14.1 Å². The summed E-state index contributed by atoms with van der Waals surface area (Å²) in [7, 11) is 2.05. The lowest BCUT2D eigenvalue weighted by atomic mass is 10.5. The molecule has 4 nitrogen and oxygen atoms in total. The first-order valence-corrected chi connectivity index (χ1v) is 5.34. The molecule has 0 N–H and O–H groups in total. The van der Waals surface area contributed by atoms with Crippen molar-refractivity contribution >= 4 is 0 Å². The molecule has 2 aromatic heterocycles. The zero-order valence-electron chi connectivity index (χ0n) is 9.51. The van der Waals surface area contributed by atoms with Crippen LogP contribution in [0.2, 0.25) is 0 Å². The van der Waals surface area contributed by atoms with Gasteiger partial charge in [0.15, 0.2) is 0 Å². The Morgan fingerprint density at radius 2 is 1.93 bits per heavy atom. The normalized spacial score (nSPS) is 10.9. The van der Waals surface area contributed by atoms with Crippen molar-refractivity contribution in [3.8, 4) is 11.6 Å². The van der Waals surface area contributed by atoms with Gasteiger partial charge >= 0.3 is 5.82 Å². The zero-order chi connectivity index (χ0) is 10.8. The van der Waals surface area contributed by atoms with Crippen molar-refractivity contribution in [2.75, 3.05) is 0 Å². The Bertz CT molecular complexity index is 453. The van der Waals surface area contributed by atoms with Crippen LogP contribution in [0.4, 0.5) is 0 Å². The predicted octanol–water partition coefficient (Wildman–Crippen LogP) is 1.22. The quantitative estimate of drug-likeness (QED) is 0.692. The van der Waals surface area contributed by atoms with Crippen LogP contribution in [0.3, 0.4) is 0 Å². The van der Waals surface area contributed by atoms with E-state index in [-0.39, 0.29) is 0 Å². The van der Waals surface area contributed by atoms with Crippen LogP contribution < -0.4 is 4.57 Å². The Balaban J connectivity index is 2.57. The molecule has 0 fully saturated rings. The maximum atomic E-state index is 4.42. The molecule has 0 bridgehead atoms. The van der Waals surface area contributed by atoms with Gasteiger partial charge < -0.3 is 4.57 Å².